The molecule has 0 saturated carbocycles. The molecule has 0 atom stereocenters. The third-order valence-electron chi connectivity index (χ3n) is 5.06. The molecule has 5 aromatic rings. The largest absolute Gasteiger partial charge is 0.382 e. The van der Waals surface area contributed by atoms with Crippen LogP contribution in [-0.2, 0) is 10.0 Å². The van der Waals surface area contributed by atoms with Crippen molar-refractivity contribution in [3.8, 4) is 23.7 Å². The van der Waals surface area contributed by atoms with Gasteiger partial charge in [0, 0.05) is 28.9 Å². The molecule has 0 aliphatic rings. The van der Waals surface area contributed by atoms with Crippen LogP contribution in [0.3, 0.4) is 0 Å². The number of pyridine rings is 1. The van der Waals surface area contributed by atoms with Crippen LogP contribution in [0.4, 0.5) is 10.2 Å². The normalized spacial score (nSPS) is 11.8. The Labute approximate surface area is 182 Å². The van der Waals surface area contributed by atoms with Crippen LogP contribution >= 0.6 is 0 Å². The summed E-state index contributed by atoms with van der Waals surface area (Å²) >= 11 is 0. The number of hydrogen-bond acceptors (Lipinski definition) is 6. The Bertz CT molecular complexity index is 1680. The fourth-order valence-electron chi connectivity index (χ4n) is 3.45. The molecule has 0 aliphatic carbocycles. The van der Waals surface area contributed by atoms with E-state index in [-0.39, 0.29) is 33.1 Å². The zero-order valence-electron chi connectivity index (χ0n) is 16.7. The topological polar surface area (TPSA) is 108 Å². The summed E-state index contributed by atoms with van der Waals surface area (Å²) in [7, 11) is -4.02. The quantitative estimate of drug-likeness (QED) is 0.427. The maximum Gasteiger partial charge on any atom is 0.269 e. The summed E-state index contributed by atoms with van der Waals surface area (Å²) in [6.07, 6.45) is 9.32. The molecule has 0 fully saturated rings. The molecule has 0 amide bonds. The van der Waals surface area contributed by atoms with E-state index in [2.05, 4.69) is 21.0 Å². The summed E-state index contributed by atoms with van der Waals surface area (Å²) < 4.78 is 43.2. The van der Waals surface area contributed by atoms with Crippen molar-refractivity contribution in [1.29, 1.82) is 0 Å². The first-order valence-electron chi connectivity index (χ1n) is 9.39. The standard InChI is InChI=1S/C22H15FN6O2S/c1-3-14-8-19-20(24)26-21(27-28(19)11-14)18-12-29(22-17(18)9-15(23)10-25-22)32(30,31)16-6-4-13(2)5-7-16/h1,4-12H,2H3,(H2,24,26,27). The van der Waals surface area contributed by atoms with E-state index >= 15 is 0 Å². The lowest BCUT2D eigenvalue weighted by Gasteiger charge is -2.07. The Morgan fingerprint density at radius 1 is 1.16 bits per heavy atom. The van der Waals surface area contributed by atoms with E-state index in [0.29, 0.717) is 11.1 Å². The molecule has 4 heterocycles. The van der Waals surface area contributed by atoms with Crippen LogP contribution in [0.25, 0.3) is 27.9 Å². The molecule has 158 valence electrons. The molecule has 10 heteroatoms. The van der Waals surface area contributed by atoms with Crippen LogP contribution in [0, 0.1) is 25.1 Å². The van der Waals surface area contributed by atoms with Gasteiger partial charge in [-0.15, -0.1) is 11.5 Å². The molecule has 1 aromatic carbocycles. The molecule has 0 spiro atoms. The van der Waals surface area contributed by atoms with Gasteiger partial charge in [0.1, 0.15) is 11.3 Å². The fraction of sp³-hybridized carbons (Fsp3) is 0.0455. The van der Waals surface area contributed by atoms with Gasteiger partial charge in [-0.2, -0.15) is 0 Å². The van der Waals surface area contributed by atoms with Gasteiger partial charge in [-0.05, 0) is 31.2 Å². The Morgan fingerprint density at radius 2 is 1.91 bits per heavy atom. The first kappa shape index (κ1) is 19.7. The van der Waals surface area contributed by atoms with Crippen LogP contribution in [-0.4, -0.2) is 32.0 Å². The predicted octanol–water partition coefficient (Wildman–Crippen LogP) is 2.99. The average Bonchev–Trinajstić information content (AvgIpc) is 3.35. The number of nitrogens with two attached hydrogens (primary N) is 1. The van der Waals surface area contributed by atoms with Crippen molar-refractivity contribution in [3.05, 3.63) is 71.9 Å². The number of aromatic nitrogens is 5. The number of anilines is 1. The van der Waals surface area contributed by atoms with E-state index in [4.69, 9.17) is 12.2 Å². The molecule has 2 N–H and O–H groups in total. The highest BCUT2D eigenvalue weighted by molar-refractivity contribution is 7.90. The lowest BCUT2D eigenvalue weighted by atomic mass is 10.2. The SMILES string of the molecule is C#Cc1cc2c(N)nc(-c3cn(S(=O)(=O)c4ccc(C)cc4)c4ncc(F)cc34)nn2c1. The van der Waals surface area contributed by atoms with Crippen LogP contribution in [0.1, 0.15) is 11.1 Å². The first-order valence-corrected chi connectivity index (χ1v) is 10.8. The zero-order chi connectivity index (χ0) is 22.6. The van der Waals surface area contributed by atoms with Crippen molar-refractivity contribution in [2.24, 2.45) is 0 Å². The Kier molecular flexibility index (Phi) is 4.25. The monoisotopic (exact) mass is 446 g/mol. The maximum absolute atomic E-state index is 14.1. The first-order chi connectivity index (χ1) is 15.3. The number of hydrogen-bond donors (Lipinski definition) is 1. The van der Waals surface area contributed by atoms with E-state index in [1.165, 1.54) is 28.9 Å². The molecule has 0 saturated heterocycles. The Balaban J connectivity index is 1.79. The summed E-state index contributed by atoms with van der Waals surface area (Å²) in [5, 5.41) is 4.63. The Morgan fingerprint density at radius 3 is 2.62 bits per heavy atom. The third-order valence-corrected chi connectivity index (χ3v) is 6.72. The minimum absolute atomic E-state index is 0.0427. The van der Waals surface area contributed by atoms with Gasteiger partial charge in [-0.1, -0.05) is 23.6 Å². The zero-order valence-corrected chi connectivity index (χ0v) is 17.5. The van der Waals surface area contributed by atoms with Gasteiger partial charge in [0.2, 0.25) is 0 Å². The van der Waals surface area contributed by atoms with E-state index < -0.39 is 15.8 Å². The Hall–Kier alpha value is -4.23. The second-order valence-electron chi connectivity index (χ2n) is 7.20. The minimum Gasteiger partial charge on any atom is -0.382 e. The van der Waals surface area contributed by atoms with E-state index in [9.17, 15) is 12.8 Å². The van der Waals surface area contributed by atoms with Crippen molar-refractivity contribution in [1.82, 2.24) is 23.6 Å². The number of fused-ring (bicyclic) bond motifs is 2. The number of rotatable bonds is 3. The van der Waals surface area contributed by atoms with E-state index in [1.54, 1.807) is 24.4 Å². The summed E-state index contributed by atoms with van der Waals surface area (Å²) in [5.74, 6) is 2.11. The number of nitrogens with zero attached hydrogens (tertiary/aromatic N) is 5. The molecule has 32 heavy (non-hydrogen) atoms. The van der Waals surface area contributed by atoms with Crippen LogP contribution < -0.4 is 5.73 Å². The molecular formula is C22H15FN6O2S. The summed E-state index contributed by atoms with van der Waals surface area (Å²) in [6, 6.07) is 9.23. The van der Waals surface area contributed by atoms with Crippen LogP contribution in [0.15, 0.2) is 59.9 Å². The van der Waals surface area contributed by atoms with Gasteiger partial charge in [0.25, 0.3) is 10.0 Å². The number of terminal acetylenes is 1. The van der Waals surface area contributed by atoms with Gasteiger partial charge in [0.15, 0.2) is 17.3 Å². The highest BCUT2D eigenvalue weighted by atomic mass is 32.2. The molecule has 5 rings (SSSR count). The maximum atomic E-state index is 14.1. The fourth-order valence-corrected chi connectivity index (χ4v) is 4.78. The second kappa shape index (κ2) is 6.90. The van der Waals surface area contributed by atoms with E-state index in [1.807, 2.05) is 6.92 Å². The second-order valence-corrected chi connectivity index (χ2v) is 9.02. The van der Waals surface area contributed by atoms with Gasteiger partial charge >= 0.3 is 0 Å². The molecule has 4 aromatic heterocycles. The highest BCUT2D eigenvalue weighted by Crippen LogP contribution is 2.31. The van der Waals surface area contributed by atoms with Crippen molar-refractivity contribution < 1.29 is 12.8 Å². The smallest absolute Gasteiger partial charge is 0.269 e. The summed E-state index contributed by atoms with van der Waals surface area (Å²) in [4.78, 5) is 8.39. The van der Waals surface area contributed by atoms with Crippen LogP contribution in [0.5, 0.6) is 0 Å². The number of aryl methyl sites for hydroxylation is 1. The number of benzene rings is 1. The number of nitrogen functional groups attached to an aromatic ring is 1. The molecule has 0 radical (unpaired) electrons. The molecule has 0 unspecified atom stereocenters. The highest BCUT2D eigenvalue weighted by Gasteiger charge is 2.24. The lowest BCUT2D eigenvalue weighted by molar-refractivity contribution is 0.588. The average molecular weight is 446 g/mol. The van der Waals surface area contributed by atoms with Gasteiger partial charge in [-0.3, -0.25) is 0 Å². The van der Waals surface area contributed by atoms with Gasteiger partial charge in [-0.25, -0.2) is 31.3 Å². The molecule has 0 aliphatic heterocycles. The van der Waals surface area contributed by atoms with Crippen molar-refractivity contribution in [2.45, 2.75) is 11.8 Å². The van der Waals surface area contributed by atoms with Gasteiger partial charge < -0.3 is 5.73 Å². The predicted molar refractivity (Wildman–Crippen MR) is 118 cm³/mol. The van der Waals surface area contributed by atoms with Crippen LogP contribution in [0.2, 0.25) is 0 Å². The molecular weight excluding hydrogens is 431 g/mol. The summed E-state index contributed by atoms with van der Waals surface area (Å²) in [5.41, 5.74) is 8.35. The minimum atomic E-state index is -4.02. The molecule has 0 bridgehead atoms. The molecule has 8 nitrogen and oxygen atoms in total. The van der Waals surface area contributed by atoms with Crippen molar-refractivity contribution in [3.63, 3.8) is 0 Å². The number of halogens is 1. The van der Waals surface area contributed by atoms with Crippen molar-refractivity contribution in [2.75, 3.05) is 5.73 Å². The van der Waals surface area contributed by atoms with E-state index in [0.717, 1.165) is 15.7 Å². The third kappa shape index (κ3) is 2.99. The van der Waals surface area contributed by atoms with Crippen molar-refractivity contribution >= 4 is 32.4 Å². The summed E-state index contributed by atoms with van der Waals surface area (Å²) in [6.45, 7) is 1.86. The van der Waals surface area contributed by atoms with Gasteiger partial charge in [0.05, 0.1) is 11.1 Å². The lowest BCUT2D eigenvalue weighted by Crippen LogP contribution is -2.12.